The number of benzene rings is 1. The lowest BCUT2D eigenvalue weighted by atomic mass is 9.91. The summed E-state index contributed by atoms with van der Waals surface area (Å²) in [6, 6.07) is 6.35. The molecule has 1 unspecified atom stereocenters. The summed E-state index contributed by atoms with van der Waals surface area (Å²) in [5.41, 5.74) is 6.18. The maximum absolute atomic E-state index is 13.3. The molecule has 3 N–H and O–H groups in total. The van der Waals surface area contributed by atoms with Crippen molar-refractivity contribution in [3.05, 3.63) is 35.6 Å². The molecule has 1 fully saturated rings. The Hall–Kier alpha value is -1.42. The van der Waals surface area contributed by atoms with E-state index in [4.69, 9.17) is 5.73 Å². The summed E-state index contributed by atoms with van der Waals surface area (Å²) in [5, 5.41) is 2.92. The smallest absolute Gasteiger partial charge is 0.234 e. The normalized spacial score (nSPS) is 17.7. The Bertz CT molecular complexity index is 416. The molecule has 0 heterocycles. The zero-order valence-corrected chi connectivity index (χ0v) is 10.4. The van der Waals surface area contributed by atoms with E-state index < -0.39 is 0 Å². The van der Waals surface area contributed by atoms with Crippen molar-refractivity contribution in [2.75, 3.05) is 6.54 Å². The first-order valence-electron chi connectivity index (χ1n) is 6.45. The van der Waals surface area contributed by atoms with E-state index in [-0.39, 0.29) is 24.3 Å². The standard InChI is InChI=1S/C14H19FN2O/c15-12-7-3-6-11(8-12)14(17-13(18)9-16)10-4-1-2-5-10/h3,6-8,10,14H,1-2,4-5,9,16H2,(H,17,18). The van der Waals surface area contributed by atoms with Gasteiger partial charge in [0.15, 0.2) is 0 Å². The zero-order valence-electron chi connectivity index (χ0n) is 10.4. The fourth-order valence-electron chi connectivity index (χ4n) is 2.70. The van der Waals surface area contributed by atoms with Crippen molar-refractivity contribution < 1.29 is 9.18 Å². The third-order valence-corrected chi connectivity index (χ3v) is 3.58. The molecule has 1 saturated carbocycles. The van der Waals surface area contributed by atoms with Crippen LogP contribution in [0.15, 0.2) is 24.3 Å². The van der Waals surface area contributed by atoms with Gasteiger partial charge in [-0.15, -0.1) is 0 Å². The van der Waals surface area contributed by atoms with Crippen molar-refractivity contribution in [1.82, 2.24) is 5.32 Å². The highest BCUT2D eigenvalue weighted by atomic mass is 19.1. The molecular formula is C14H19FN2O. The van der Waals surface area contributed by atoms with Crippen molar-refractivity contribution in [1.29, 1.82) is 0 Å². The highest BCUT2D eigenvalue weighted by Crippen LogP contribution is 2.35. The molecule has 3 nitrogen and oxygen atoms in total. The molecule has 0 aromatic heterocycles. The number of halogens is 1. The Morgan fingerprint density at radius 1 is 1.44 bits per heavy atom. The van der Waals surface area contributed by atoms with E-state index in [1.54, 1.807) is 6.07 Å². The molecule has 18 heavy (non-hydrogen) atoms. The summed E-state index contributed by atoms with van der Waals surface area (Å²) >= 11 is 0. The first-order chi connectivity index (χ1) is 8.70. The van der Waals surface area contributed by atoms with Crippen LogP contribution >= 0.6 is 0 Å². The van der Waals surface area contributed by atoms with Gasteiger partial charge < -0.3 is 11.1 Å². The van der Waals surface area contributed by atoms with E-state index in [0.717, 1.165) is 18.4 Å². The van der Waals surface area contributed by atoms with Crippen LogP contribution in [0, 0.1) is 11.7 Å². The van der Waals surface area contributed by atoms with Crippen LogP contribution in [0.3, 0.4) is 0 Å². The van der Waals surface area contributed by atoms with Gasteiger partial charge in [-0.2, -0.15) is 0 Å². The highest BCUT2D eigenvalue weighted by Gasteiger charge is 2.27. The second-order valence-corrected chi connectivity index (χ2v) is 4.85. The molecule has 1 aliphatic carbocycles. The molecule has 0 spiro atoms. The highest BCUT2D eigenvalue weighted by molar-refractivity contribution is 5.78. The fourth-order valence-corrected chi connectivity index (χ4v) is 2.70. The molecule has 0 bridgehead atoms. The van der Waals surface area contributed by atoms with Crippen molar-refractivity contribution in [3.8, 4) is 0 Å². The lowest BCUT2D eigenvalue weighted by Gasteiger charge is -2.25. The monoisotopic (exact) mass is 250 g/mol. The van der Waals surface area contributed by atoms with E-state index in [0.29, 0.717) is 5.92 Å². The molecule has 1 aromatic rings. The molecule has 0 aliphatic heterocycles. The number of nitrogens with two attached hydrogens (primary N) is 1. The van der Waals surface area contributed by atoms with Gasteiger partial charge in [0, 0.05) is 0 Å². The largest absolute Gasteiger partial charge is 0.348 e. The minimum Gasteiger partial charge on any atom is -0.348 e. The van der Waals surface area contributed by atoms with Crippen LogP contribution in [-0.2, 0) is 4.79 Å². The molecular weight excluding hydrogens is 231 g/mol. The van der Waals surface area contributed by atoms with Gasteiger partial charge in [-0.1, -0.05) is 25.0 Å². The average Bonchev–Trinajstić information content (AvgIpc) is 2.89. The number of rotatable bonds is 4. The van der Waals surface area contributed by atoms with Gasteiger partial charge in [-0.3, -0.25) is 4.79 Å². The summed E-state index contributed by atoms with van der Waals surface area (Å²) in [6.07, 6.45) is 4.50. The van der Waals surface area contributed by atoms with E-state index in [2.05, 4.69) is 5.32 Å². The predicted octanol–water partition coefficient (Wildman–Crippen LogP) is 2.13. The molecule has 0 saturated heterocycles. The first kappa shape index (κ1) is 13.0. The lowest BCUT2D eigenvalue weighted by molar-refractivity contribution is -0.120. The Morgan fingerprint density at radius 3 is 2.78 bits per heavy atom. The SMILES string of the molecule is NCC(=O)NC(c1cccc(F)c1)C1CCCC1. The van der Waals surface area contributed by atoms with E-state index >= 15 is 0 Å². The molecule has 1 amide bonds. The van der Waals surface area contributed by atoms with E-state index in [1.807, 2.05) is 6.07 Å². The van der Waals surface area contributed by atoms with Gasteiger partial charge in [-0.25, -0.2) is 4.39 Å². The Balaban J connectivity index is 2.20. The maximum atomic E-state index is 13.3. The number of amides is 1. The van der Waals surface area contributed by atoms with Crippen molar-refractivity contribution in [3.63, 3.8) is 0 Å². The molecule has 1 atom stereocenters. The van der Waals surface area contributed by atoms with Crippen molar-refractivity contribution >= 4 is 5.91 Å². The molecule has 1 aliphatic rings. The van der Waals surface area contributed by atoms with Crippen LogP contribution in [-0.4, -0.2) is 12.5 Å². The Labute approximate surface area is 107 Å². The zero-order chi connectivity index (χ0) is 13.0. The minimum absolute atomic E-state index is 0.0292. The number of hydrogen-bond donors (Lipinski definition) is 2. The number of hydrogen-bond acceptors (Lipinski definition) is 2. The van der Waals surface area contributed by atoms with Gasteiger partial charge in [0.05, 0.1) is 12.6 Å². The second kappa shape index (κ2) is 5.96. The van der Waals surface area contributed by atoms with Crippen molar-refractivity contribution in [2.45, 2.75) is 31.7 Å². The van der Waals surface area contributed by atoms with Gasteiger partial charge in [-0.05, 0) is 36.5 Å². The third-order valence-electron chi connectivity index (χ3n) is 3.58. The Kier molecular flexibility index (Phi) is 4.31. The summed E-state index contributed by atoms with van der Waals surface area (Å²) < 4.78 is 13.3. The lowest BCUT2D eigenvalue weighted by Crippen LogP contribution is -2.36. The van der Waals surface area contributed by atoms with Gasteiger partial charge in [0.2, 0.25) is 5.91 Å². The van der Waals surface area contributed by atoms with Crippen LogP contribution in [0.4, 0.5) is 4.39 Å². The van der Waals surface area contributed by atoms with E-state index in [9.17, 15) is 9.18 Å². The van der Waals surface area contributed by atoms with Crippen LogP contribution in [0.5, 0.6) is 0 Å². The molecule has 4 heteroatoms. The number of nitrogens with one attached hydrogen (secondary N) is 1. The minimum atomic E-state index is -0.266. The topological polar surface area (TPSA) is 55.1 Å². The molecule has 0 radical (unpaired) electrons. The van der Waals surface area contributed by atoms with Gasteiger partial charge in [0.25, 0.3) is 0 Å². The summed E-state index contributed by atoms with van der Waals surface area (Å²) in [7, 11) is 0. The van der Waals surface area contributed by atoms with Crippen LogP contribution in [0.25, 0.3) is 0 Å². The Morgan fingerprint density at radius 2 is 2.17 bits per heavy atom. The first-order valence-corrected chi connectivity index (χ1v) is 6.45. The van der Waals surface area contributed by atoms with Gasteiger partial charge in [0.1, 0.15) is 5.82 Å². The second-order valence-electron chi connectivity index (χ2n) is 4.85. The predicted molar refractivity (Wildman–Crippen MR) is 68.3 cm³/mol. The maximum Gasteiger partial charge on any atom is 0.234 e. The van der Waals surface area contributed by atoms with Gasteiger partial charge >= 0.3 is 0 Å². The molecule has 98 valence electrons. The van der Waals surface area contributed by atoms with Crippen LogP contribution < -0.4 is 11.1 Å². The average molecular weight is 250 g/mol. The molecule has 1 aromatic carbocycles. The summed E-state index contributed by atoms with van der Waals surface area (Å²) in [4.78, 5) is 11.5. The summed E-state index contributed by atoms with van der Waals surface area (Å²) in [5.74, 6) is -0.0593. The number of carbonyl (C=O) groups is 1. The quantitative estimate of drug-likeness (QED) is 0.860. The summed E-state index contributed by atoms with van der Waals surface area (Å²) in [6.45, 7) is -0.0292. The van der Waals surface area contributed by atoms with E-state index in [1.165, 1.54) is 25.0 Å². The van der Waals surface area contributed by atoms with Crippen LogP contribution in [0.2, 0.25) is 0 Å². The van der Waals surface area contributed by atoms with Crippen molar-refractivity contribution in [2.24, 2.45) is 11.7 Å². The number of carbonyl (C=O) groups excluding carboxylic acids is 1. The molecule has 2 rings (SSSR count). The fraction of sp³-hybridized carbons (Fsp3) is 0.500. The van der Waals surface area contributed by atoms with Crippen LogP contribution in [0.1, 0.15) is 37.3 Å². The third kappa shape index (κ3) is 3.07.